The van der Waals surface area contributed by atoms with Crippen molar-refractivity contribution in [2.24, 2.45) is 5.73 Å². The van der Waals surface area contributed by atoms with Crippen LogP contribution in [0.1, 0.15) is 18.3 Å². The Morgan fingerprint density at radius 3 is 3.20 bits per heavy atom. The molecule has 0 amide bonds. The van der Waals surface area contributed by atoms with E-state index >= 15 is 0 Å². The topological polar surface area (TPSA) is 96.4 Å². The molecule has 2 aromatic rings. The zero-order chi connectivity index (χ0) is 10.8. The van der Waals surface area contributed by atoms with Crippen molar-refractivity contribution in [1.82, 2.24) is 14.6 Å². The summed E-state index contributed by atoms with van der Waals surface area (Å²) < 4.78 is 1.48. The highest BCUT2D eigenvalue weighted by Crippen LogP contribution is 2.06. The lowest BCUT2D eigenvalue weighted by Crippen LogP contribution is -2.22. The molecule has 0 aliphatic heterocycles. The Kier molecular flexibility index (Phi) is 2.53. The van der Waals surface area contributed by atoms with Crippen LogP contribution in [0.4, 0.5) is 0 Å². The maximum absolute atomic E-state index is 11.5. The molecule has 2 heterocycles. The van der Waals surface area contributed by atoms with E-state index in [1.54, 1.807) is 18.3 Å². The van der Waals surface area contributed by atoms with Crippen molar-refractivity contribution in [3.8, 4) is 0 Å². The number of aromatic amines is 1. The molecule has 0 fully saturated rings. The molecule has 0 unspecified atom stereocenters. The van der Waals surface area contributed by atoms with Crippen LogP contribution in [0.25, 0.3) is 5.52 Å². The summed E-state index contributed by atoms with van der Waals surface area (Å²) in [6.07, 6.45) is 2.05. The molecule has 6 heteroatoms. The highest BCUT2D eigenvalue weighted by Gasteiger charge is 2.10. The number of rotatable bonds is 3. The van der Waals surface area contributed by atoms with E-state index < -0.39 is 6.04 Å². The molecule has 6 nitrogen and oxygen atoms in total. The first-order chi connectivity index (χ1) is 7.22. The van der Waals surface area contributed by atoms with Crippen molar-refractivity contribution in [1.29, 1.82) is 0 Å². The smallest absolute Gasteiger partial charge is 0.275 e. The third-order valence-corrected chi connectivity index (χ3v) is 2.21. The molecule has 0 radical (unpaired) electrons. The summed E-state index contributed by atoms with van der Waals surface area (Å²) in [5.41, 5.74) is 5.99. The highest BCUT2D eigenvalue weighted by molar-refractivity contribution is 5.43. The van der Waals surface area contributed by atoms with Crippen molar-refractivity contribution >= 4 is 5.52 Å². The zero-order valence-corrected chi connectivity index (χ0v) is 8.05. The molecule has 2 rings (SSSR count). The van der Waals surface area contributed by atoms with Crippen molar-refractivity contribution in [2.75, 3.05) is 6.61 Å². The van der Waals surface area contributed by atoms with E-state index in [0.717, 1.165) is 0 Å². The van der Waals surface area contributed by atoms with Crippen molar-refractivity contribution in [3.05, 3.63) is 34.5 Å². The van der Waals surface area contributed by atoms with E-state index in [1.807, 2.05) is 0 Å². The number of nitrogens with zero attached hydrogens (tertiary/aromatic N) is 2. The van der Waals surface area contributed by atoms with Gasteiger partial charge in [-0.25, -0.2) is 4.52 Å². The first kappa shape index (κ1) is 9.88. The summed E-state index contributed by atoms with van der Waals surface area (Å²) in [6, 6.07) is 2.96. The van der Waals surface area contributed by atoms with E-state index in [4.69, 9.17) is 10.8 Å². The van der Waals surface area contributed by atoms with Gasteiger partial charge in [0.25, 0.3) is 5.56 Å². The molecule has 2 aromatic heterocycles. The average Bonchev–Trinajstić information content (AvgIpc) is 2.66. The quantitative estimate of drug-likeness (QED) is 0.627. The minimum absolute atomic E-state index is 0.0331. The van der Waals surface area contributed by atoms with Gasteiger partial charge in [0.2, 0.25) is 0 Å². The Balaban J connectivity index is 2.49. The van der Waals surface area contributed by atoms with Crippen LogP contribution in [0.15, 0.2) is 23.1 Å². The number of aliphatic hydroxyl groups is 1. The van der Waals surface area contributed by atoms with Crippen LogP contribution >= 0.6 is 0 Å². The lowest BCUT2D eigenvalue weighted by atomic mass is 10.2. The van der Waals surface area contributed by atoms with Gasteiger partial charge in [-0.2, -0.15) is 5.10 Å². The molecule has 0 aliphatic carbocycles. The van der Waals surface area contributed by atoms with Gasteiger partial charge in [-0.05, 0) is 18.6 Å². The largest absolute Gasteiger partial charge is 0.396 e. The molecule has 1 atom stereocenters. The molecule has 0 saturated heterocycles. The van der Waals surface area contributed by atoms with Gasteiger partial charge in [0.15, 0.2) is 0 Å². The number of nitrogens with two attached hydrogens (primary N) is 1. The highest BCUT2D eigenvalue weighted by atomic mass is 16.3. The standard InChI is InChI=1S/C9H12N4O2/c10-6(3-5-14)8-11-9(15)7-2-1-4-13(7)12-8/h1-2,4,6,14H,3,5,10H2,(H,11,12,15)/t6-/m0/s1. The summed E-state index contributed by atoms with van der Waals surface area (Å²) >= 11 is 0. The molecular formula is C9H12N4O2. The van der Waals surface area contributed by atoms with Crippen LogP contribution in [0, 0.1) is 0 Å². The second kappa shape index (κ2) is 3.84. The lowest BCUT2D eigenvalue weighted by Gasteiger charge is -2.08. The predicted molar refractivity (Wildman–Crippen MR) is 54.4 cm³/mol. The fraction of sp³-hybridized carbons (Fsp3) is 0.333. The van der Waals surface area contributed by atoms with Gasteiger partial charge >= 0.3 is 0 Å². The number of hydrogen-bond acceptors (Lipinski definition) is 4. The van der Waals surface area contributed by atoms with E-state index in [9.17, 15) is 4.79 Å². The molecule has 4 N–H and O–H groups in total. The second-order valence-corrected chi connectivity index (χ2v) is 3.30. The van der Waals surface area contributed by atoms with Gasteiger partial charge < -0.3 is 15.8 Å². The van der Waals surface area contributed by atoms with Gasteiger partial charge in [-0.15, -0.1) is 0 Å². The molecular weight excluding hydrogens is 196 g/mol. The molecule has 0 aromatic carbocycles. The Morgan fingerprint density at radius 1 is 1.67 bits per heavy atom. The molecule has 0 aliphatic rings. The van der Waals surface area contributed by atoms with Gasteiger partial charge in [-0.3, -0.25) is 4.79 Å². The van der Waals surface area contributed by atoms with Gasteiger partial charge in [0.05, 0.1) is 6.04 Å². The fourth-order valence-corrected chi connectivity index (χ4v) is 1.40. The molecule has 0 bridgehead atoms. The molecule has 0 spiro atoms. The maximum atomic E-state index is 11.5. The summed E-state index contributed by atoms with van der Waals surface area (Å²) in [5.74, 6) is 0.387. The van der Waals surface area contributed by atoms with E-state index in [-0.39, 0.29) is 12.2 Å². The first-order valence-corrected chi connectivity index (χ1v) is 4.66. The third kappa shape index (κ3) is 1.77. The Morgan fingerprint density at radius 2 is 2.47 bits per heavy atom. The number of aromatic nitrogens is 3. The normalized spacial score (nSPS) is 13.2. The molecule has 0 saturated carbocycles. The SMILES string of the molecule is N[C@@H](CCO)c1nn2cccc2c(=O)[nH]1. The van der Waals surface area contributed by atoms with Crippen LogP contribution in [-0.2, 0) is 0 Å². The molecule has 15 heavy (non-hydrogen) atoms. The van der Waals surface area contributed by atoms with Gasteiger partial charge in [-0.1, -0.05) is 0 Å². The monoisotopic (exact) mass is 208 g/mol. The van der Waals surface area contributed by atoms with Crippen LogP contribution < -0.4 is 11.3 Å². The summed E-state index contributed by atoms with van der Waals surface area (Å²) in [6.45, 7) is -0.0331. The average molecular weight is 208 g/mol. The Hall–Kier alpha value is -1.66. The van der Waals surface area contributed by atoms with Crippen LogP contribution in [0.2, 0.25) is 0 Å². The Labute approximate surface area is 85.3 Å². The number of fused-ring (bicyclic) bond motifs is 1. The van der Waals surface area contributed by atoms with Gasteiger partial charge in [0.1, 0.15) is 11.3 Å². The molecule has 80 valence electrons. The van der Waals surface area contributed by atoms with E-state index in [1.165, 1.54) is 4.52 Å². The second-order valence-electron chi connectivity index (χ2n) is 3.30. The van der Waals surface area contributed by atoms with E-state index in [2.05, 4.69) is 10.1 Å². The first-order valence-electron chi connectivity index (χ1n) is 4.66. The van der Waals surface area contributed by atoms with Crippen molar-refractivity contribution < 1.29 is 5.11 Å². The fourth-order valence-electron chi connectivity index (χ4n) is 1.40. The predicted octanol–water partition coefficient (Wildman–Crippen LogP) is -0.595. The number of hydrogen-bond donors (Lipinski definition) is 3. The minimum Gasteiger partial charge on any atom is -0.396 e. The van der Waals surface area contributed by atoms with Crippen molar-refractivity contribution in [2.45, 2.75) is 12.5 Å². The number of H-pyrrole nitrogens is 1. The summed E-state index contributed by atoms with van der Waals surface area (Å²) in [4.78, 5) is 14.1. The summed E-state index contributed by atoms with van der Waals surface area (Å²) in [7, 11) is 0. The maximum Gasteiger partial charge on any atom is 0.275 e. The number of aliphatic hydroxyl groups excluding tert-OH is 1. The third-order valence-electron chi connectivity index (χ3n) is 2.21. The number of nitrogens with one attached hydrogen (secondary N) is 1. The summed E-state index contributed by atoms with van der Waals surface area (Å²) in [5, 5.41) is 12.9. The van der Waals surface area contributed by atoms with Crippen LogP contribution in [0.3, 0.4) is 0 Å². The Bertz CT molecular complexity index is 516. The van der Waals surface area contributed by atoms with Crippen LogP contribution in [0.5, 0.6) is 0 Å². The zero-order valence-electron chi connectivity index (χ0n) is 8.05. The van der Waals surface area contributed by atoms with Crippen molar-refractivity contribution in [3.63, 3.8) is 0 Å². The minimum atomic E-state index is -0.450. The van der Waals surface area contributed by atoms with Crippen LogP contribution in [-0.4, -0.2) is 26.3 Å². The van der Waals surface area contributed by atoms with Gasteiger partial charge in [0, 0.05) is 12.8 Å². The lowest BCUT2D eigenvalue weighted by molar-refractivity contribution is 0.274. The van der Waals surface area contributed by atoms with E-state index in [0.29, 0.717) is 17.8 Å².